The van der Waals surface area contributed by atoms with Gasteiger partial charge in [-0.05, 0) is 98.8 Å². The van der Waals surface area contributed by atoms with Crippen LogP contribution in [0.15, 0.2) is 24.4 Å². The molecule has 2 N–H and O–H groups in total. The number of likely N-dealkylation sites (tertiary alicyclic amines) is 1. The molecule has 1 aromatic carbocycles. The number of nitrogens with one attached hydrogen (secondary N) is 1. The van der Waals surface area contributed by atoms with Crippen LogP contribution in [-0.4, -0.2) is 93.9 Å². The van der Waals surface area contributed by atoms with Crippen molar-refractivity contribution in [3.8, 4) is 5.75 Å². The lowest BCUT2D eigenvalue weighted by Crippen LogP contribution is -2.66. The maximum Gasteiger partial charge on any atom is 0.329 e. The summed E-state index contributed by atoms with van der Waals surface area (Å²) in [6.07, 6.45) is 7.82. The van der Waals surface area contributed by atoms with Gasteiger partial charge in [-0.2, -0.15) is 20.5 Å². The van der Waals surface area contributed by atoms with Crippen LogP contribution in [-0.2, 0) is 20.9 Å². The predicted octanol–water partition coefficient (Wildman–Crippen LogP) is 6.39. The van der Waals surface area contributed by atoms with Crippen LogP contribution in [0.4, 0.5) is 20.4 Å². The summed E-state index contributed by atoms with van der Waals surface area (Å²) in [6, 6.07) is 6.74. The van der Waals surface area contributed by atoms with Crippen LogP contribution in [0.5, 0.6) is 5.75 Å². The van der Waals surface area contributed by atoms with E-state index in [1.807, 2.05) is 35.7 Å². The van der Waals surface area contributed by atoms with Gasteiger partial charge in [0, 0.05) is 74.6 Å². The van der Waals surface area contributed by atoms with Gasteiger partial charge in [-0.3, -0.25) is 9.69 Å². The van der Waals surface area contributed by atoms with Crippen molar-refractivity contribution in [2.45, 2.75) is 101 Å². The van der Waals surface area contributed by atoms with Gasteiger partial charge in [0.1, 0.15) is 23.1 Å². The van der Waals surface area contributed by atoms with Gasteiger partial charge in [0.25, 0.3) is 11.8 Å². The summed E-state index contributed by atoms with van der Waals surface area (Å²) >= 11 is 2.01. The monoisotopic (exact) mass is 739 g/mol. The van der Waals surface area contributed by atoms with E-state index < -0.39 is 34.6 Å². The van der Waals surface area contributed by atoms with Crippen molar-refractivity contribution in [3.63, 3.8) is 0 Å². The molecule has 1 amide bonds. The van der Waals surface area contributed by atoms with Crippen molar-refractivity contribution in [3.05, 3.63) is 41.2 Å². The lowest BCUT2D eigenvalue weighted by atomic mass is 9.56. The van der Waals surface area contributed by atoms with E-state index in [0.717, 1.165) is 75.3 Å². The molecule has 2 aromatic rings. The van der Waals surface area contributed by atoms with Crippen LogP contribution in [0.25, 0.3) is 0 Å². The molecule has 8 rings (SSSR count). The van der Waals surface area contributed by atoms with Crippen LogP contribution in [0.1, 0.15) is 93.8 Å². The molecule has 5 atom stereocenters. The first kappa shape index (κ1) is 36.0. The number of nitrogens with zero attached hydrogens (tertiary/aromatic N) is 4. The summed E-state index contributed by atoms with van der Waals surface area (Å²) in [5.74, 6) is -2.09. The number of carbonyl (C=O) groups excluding carboxylic acids is 1. The SMILES string of the molecule is CC1CC2CC(C)C(NC(=O)c3cnc(N4CC5(CCOCC5)c5cc(OC6CCN(C7CSC7)CC6)ccc54)nc3C(C)(F)F)(C(=O)O)C(C1)C2. The van der Waals surface area contributed by atoms with Gasteiger partial charge in [0.2, 0.25) is 5.95 Å². The van der Waals surface area contributed by atoms with Crippen molar-refractivity contribution in [1.29, 1.82) is 0 Å². The van der Waals surface area contributed by atoms with E-state index in [4.69, 9.17) is 9.47 Å². The Kier molecular flexibility index (Phi) is 9.46. The number of aliphatic carboxylic acids is 1. The number of benzene rings is 1. The summed E-state index contributed by atoms with van der Waals surface area (Å²) < 4.78 is 43.3. The third-order valence-electron chi connectivity index (χ3n) is 13.2. The van der Waals surface area contributed by atoms with E-state index in [9.17, 15) is 14.7 Å². The lowest BCUT2D eigenvalue weighted by molar-refractivity contribution is -0.155. The van der Waals surface area contributed by atoms with E-state index in [-0.39, 0.29) is 29.3 Å². The number of aromatic nitrogens is 2. The van der Waals surface area contributed by atoms with Gasteiger partial charge >= 0.3 is 5.97 Å². The number of fused-ring (bicyclic) bond motifs is 4. The summed E-state index contributed by atoms with van der Waals surface area (Å²) in [4.78, 5) is 40.4. The zero-order valence-electron chi connectivity index (χ0n) is 30.4. The number of piperidine rings is 1. The molecule has 52 heavy (non-hydrogen) atoms. The quantitative estimate of drug-likeness (QED) is 0.316. The number of carboxylic acid groups (broad SMARTS) is 1. The molecule has 2 bridgehead atoms. The second kappa shape index (κ2) is 13.7. The van der Waals surface area contributed by atoms with Crippen molar-refractivity contribution in [1.82, 2.24) is 20.2 Å². The number of hydrogen-bond donors (Lipinski definition) is 2. The average molecular weight is 740 g/mol. The number of thioether (sulfide) groups is 1. The normalized spacial score (nSPS) is 30.8. The summed E-state index contributed by atoms with van der Waals surface area (Å²) in [5.41, 5.74) is -1.07. The Balaban J connectivity index is 1.08. The van der Waals surface area contributed by atoms with Gasteiger partial charge in [0.05, 0.1) is 5.56 Å². The first-order chi connectivity index (χ1) is 24.9. The third kappa shape index (κ3) is 6.36. The second-order valence-electron chi connectivity index (χ2n) is 16.7. The molecule has 4 aliphatic heterocycles. The molecule has 2 aliphatic carbocycles. The van der Waals surface area contributed by atoms with Gasteiger partial charge in [-0.1, -0.05) is 13.8 Å². The minimum Gasteiger partial charge on any atom is -0.490 e. The molecule has 5 fully saturated rings. The van der Waals surface area contributed by atoms with Crippen molar-refractivity contribution >= 4 is 35.3 Å². The minimum atomic E-state index is -3.49. The minimum absolute atomic E-state index is 0.0795. The molecular formula is C39H51F2N5O5S. The van der Waals surface area contributed by atoms with Crippen LogP contribution >= 0.6 is 11.8 Å². The zero-order chi connectivity index (χ0) is 36.4. The molecule has 5 heterocycles. The molecule has 10 nitrogen and oxygen atoms in total. The van der Waals surface area contributed by atoms with Gasteiger partial charge in [0.15, 0.2) is 0 Å². The largest absolute Gasteiger partial charge is 0.490 e. The Morgan fingerprint density at radius 3 is 2.52 bits per heavy atom. The highest BCUT2D eigenvalue weighted by molar-refractivity contribution is 8.00. The molecular weight excluding hydrogens is 689 g/mol. The van der Waals surface area contributed by atoms with Crippen molar-refractivity contribution < 1.29 is 33.0 Å². The molecule has 0 radical (unpaired) electrons. The number of amides is 1. The Labute approximate surface area is 308 Å². The Bertz CT molecular complexity index is 1690. The maximum atomic E-state index is 15.5. The van der Waals surface area contributed by atoms with Crippen LogP contribution in [0, 0.1) is 23.7 Å². The lowest BCUT2D eigenvalue weighted by Gasteiger charge is -2.52. The van der Waals surface area contributed by atoms with E-state index >= 15 is 8.78 Å². The molecule has 1 spiro atoms. The van der Waals surface area contributed by atoms with E-state index in [1.165, 1.54) is 11.5 Å². The topological polar surface area (TPSA) is 117 Å². The fourth-order valence-electron chi connectivity index (χ4n) is 10.4. The summed E-state index contributed by atoms with van der Waals surface area (Å²) in [7, 11) is 0. The number of ether oxygens (including phenoxy) is 2. The van der Waals surface area contributed by atoms with Crippen LogP contribution in [0.3, 0.4) is 0 Å². The Morgan fingerprint density at radius 1 is 1.10 bits per heavy atom. The van der Waals surface area contributed by atoms with E-state index in [2.05, 4.69) is 33.2 Å². The highest BCUT2D eigenvalue weighted by Gasteiger charge is 2.57. The number of carbonyl (C=O) groups is 2. The van der Waals surface area contributed by atoms with Gasteiger partial charge in [-0.25, -0.2) is 14.8 Å². The number of alkyl halides is 2. The fourth-order valence-corrected chi connectivity index (χ4v) is 11.3. The molecule has 5 unspecified atom stereocenters. The van der Waals surface area contributed by atoms with E-state index in [0.29, 0.717) is 56.9 Å². The van der Waals surface area contributed by atoms with Crippen LogP contribution < -0.4 is 15.0 Å². The molecule has 3 saturated heterocycles. The maximum absolute atomic E-state index is 15.5. The standard InChI is InChI=1S/C39H51F2N5O5S/c1-23-14-25-16-24(2)39(35(48)49,26(15-23)17-25)44-34(47)30-19-42-36(43-33(30)37(3,40)41)46-22-38(8-12-50-13-9-38)31-18-29(4-5-32(31)46)51-28-6-10-45(11-7-28)27-20-52-21-27/h4-5,18-19,23-28H,6-17,20-22H2,1-3H3,(H,44,47)(H,48,49). The third-order valence-corrected chi connectivity index (χ3v) is 14.4. The Morgan fingerprint density at radius 2 is 1.85 bits per heavy atom. The van der Waals surface area contributed by atoms with Gasteiger partial charge < -0.3 is 24.8 Å². The smallest absolute Gasteiger partial charge is 0.329 e. The predicted molar refractivity (Wildman–Crippen MR) is 195 cm³/mol. The molecule has 1 aromatic heterocycles. The summed E-state index contributed by atoms with van der Waals surface area (Å²) in [5, 5.41) is 13.4. The van der Waals surface area contributed by atoms with Crippen molar-refractivity contribution in [2.75, 3.05) is 49.3 Å². The number of hydrogen-bond acceptors (Lipinski definition) is 9. The number of halogens is 2. The van der Waals surface area contributed by atoms with E-state index in [1.54, 1.807) is 0 Å². The highest BCUT2D eigenvalue weighted by atomic mass is 32.2. The first-order valence-electron chi connectivity index (χ1n) is 19.2. The zero-order valence-corrected chi connectivity index (χ0v) is 31.2. The average Bonchev–Trinajstić information content (AvgIpc) is 3.38. The molecule has 13 heteroatoms. The number of rotatable bonds is 8. The fraction of sp³-hybridized carbons (Fsp3) is 0.692. The highest BCUT2D eigenvalue weighted by Crippen LogP contribution is 2.52. The van der Waals surface area contributed by atoms with Crippen molar-refractivity contribution in [2.24, 2.45) is 23.7 Å². The summed E-state index contributed by atoms with van der Waals surface area (Å²) in [6.45, 7) is 8.41. The number of anilines is 2. The first-order valence-corrected chi connectivity index (χ1v) is 20.3. The molecule has 2 saturated carbocycles. The van der Waals surface area contributed by atoms with Gasteiger partial charge in [-0.15, -0.1) is 0 Å². The molecule has 6 aliphatic rings. The van der Waals surface area contributed by atoms with Crippen LogP contribution in [0.2, 0.25) is 0 Å². The molecule has 282 valence electrons. The number of carboxylic acids is 1. The second-order valence-corrected chi connectivity index (χ2v) is 17.7. The Hall–Kier alpha value is -3.03.